The maximum Gasteiger partial charge on any atom is 2.00 e. The van der Waals surface area contributed by atoms with Crippen LogP contribution < -0.4 is 34.0 Å². The number of nitrogens with zero attached hydrogens (tertiary/aromatic N) is 1. The largest absolute Gasteiger partial charge is 2.00 e. The van der Waals surface area contributed by atoms with Gasteiger partial charge in [0.1, 0.15) is 0 Å². The van der Waals surface area contributed by atoms with Crippen molar-refractivity contribution < 1.29 is 38.7 Å². The summed E-state index contributed by atoms with van der Waals surface area (Å²) < 4.78 is 5.30. The van der Waals surface area contributed by atoms with Gasteiger partial charge in [-0.1, -0.05) is 30.3 Å². The Morgan fingerprint density at radius 1 is 1.00 bits per heavy atom. The Morgan fingerprint density at radius 2 is 1.56 bits per heavy atom. The normalized spacial score (nSPS) is 15.2. The number of benzene rings is 1. The second-order valence-electron chi connectivity index (χ2n) is 3.37. The van der Waals surface area contributed by atoms with E-state index in [9.17, 15) is 0 Å². The first kappa shape index (κ1) is 19.2. The number of hydrogen-bond donors (Lipinski definition) is 0. The van der Waals surface area contributed by atoms with Gasteiger partial charge in [0.05, 0.1) is 13.2 Å². The molecular formula is C11H15Br2MgNO. The van der Waals surface area contributed by atoms with Gasteiger partial charge in [0.25, 0.3) is 0 Å². The van der Waals surface area contributed by atoms with E-state index in [0.29, 0.717) is 0 Å². The molecule has 1 aromatic carbocycles. The summed E-state index contributed by atoms with van der Waals surface area (Å²) in [5, 5.41) is 0. The molecule has 2 nitrogen and oxygen atoms in total. The van der Waals surface area contributed by atoms with Crippen LogP contribution in [-0.2, 0) is 11.3 Å². The zero-order valence-electron chi connectivity index (χ0n) is 9.24. The molecule has 0 amide bonds. The van der Waals surface area contributed by atoms with E-state index in [4.69, 9.17) is 4.74 Å². The number of rotatable bonds is 2. The van der Waals surface area contributed by atoms with E-state index in [1.807, 2.05) is 0 Å². The molecule has 0 aromatic heterocycles. The fourth-order valence-electron chi connectivity index (χ4n) is 1.60. The maximum atomic E-state index is 5.30. The first-order chi connectivity index (χ1) is 6.45. The predicted molar refractivity (Wildman–Crippen MR) is 58.3 cm³/mol. The first-order valence-corrected chi connectivity index (χ1v) is 4.79. The topological polar surface area (TPSA) is 12.5 Å². The summed E-state index contributed by atoms with van der Waals surface area (Å²) in [6.45, 7) is 4.95. The Kier molecular flexibility index (Phi) is 13.2. The van der Waals surface area contributed by atoms with Crippen LogP contribution in [-0.4, -0.2) is 54.3 Å². The van der Waals surface area contributed by atoms with Gasteiger partial charge in [0.15, 0.2) is 0 Å². The number of morpholine rings is 1. The summed E-state index contributed by atoms with van der Waals surface area (Å²) in [5.74, 6) is 0. The Bertz CT molecular complexity index is 255. The molecule has 5 heteroatoms. The van der Waals surface area contributed by atoms with E-state index >= 15 is 0 Å². The van der Waals surface area contributed by atoms with Crippen LogP contribution in [0.2, 0.25) is 0 Å². The molecule has 1 aliphatic heterocycles. The minimum absolute atomic E-state index is 0. The van der Waals surface area contributed by atoms with Gasteiger partial charge in [-0.3, -0.25) is 4.90 Å². The minimum Gasteiger partial charge on any atom is -1.00 e. The van der Waals surface area contributed by atoms with Crippen LogP contribution in [0.1, 0.15) is 5.56 Å². The molecule has 1 fully saturated rings. The molecule has 0 aliphatic carbocycles. The van der Waals surface area contributed by atoms with E-state index in [0.717, 1.165) is 32.8 Å². The summed E-state index contributed by atoms with van der Waals surface area (Å²) in [4.78, 5) is 2.43. The van der Waals surface area contributed by atoms with Crippen molar-refractivity contribution in [1.82, 2.24) is 4.90 Å². The number of ether oxygens (including phenoxy) is 1. The summed E-state index contributed by atoms with van der Waals surface area (Å²) in [7, 11) is 0. The summed E-state index contributed by atoms with van der Waals surface area (Å²) in [5.41, 5.74) is 1.39. The van der Waals surface area contributed by atoms with Crippen LogP contribution in [0.3, 0.4) is 0 Å². The molecule has 0 radical (unpaired) electrons. The van der Waals surface area contributed by atoms with Crippen molar-refractivity contribution >= 4 is 23.1 Å². The second-order valence-corrected chi connectivity index (χ2v) is 3.37. The Balaban J connectivity index is 0. The van der Waals surface area contributed by atoms with Gasteiger partial charge in [-0.25, -0.2) is 0 Å². The van der Waals surface area contributed by atoms with Gasteiger partial charge in [0, 0.05) is 19.6 Å². The van der Waals surface area contributed by atoms with Crippen LogP contribution in [0.25, 0.3) is 0 Å². The van der Waals surface area contributed by atoms with Crippen LogP contribution in [0, 0.1) is 0 Å². The van der Waals surface area contributed by atoms with Crippen LogP contribution in [0.4, 0.5) is 0 Å². The van der Waals surface area contributed by atoms with Gasteiger partial charge < -0.3 is 38.7 Å². The van der Waals surface area contributed by atoms with Gasteiger partial charge in [0.2, 0.25) is 0 Å². The molecule has 1 aromatic rings. The quantitative estimate of drug-likeness (QED) is 0.490. The number of hydrogen-bond acceptors (Lipinski definition) is 2. The summed E-state index contributed by atoms with van der Waals surface area (Å²) in [6, 6.07) is 10.6. The summed E-state index contributed by atoms with van der Waals surface area (Å²) >= 11 is 0. The molecule has 1 saturated heterocycles. The third-order valence-electron chi connectivity index (χ3n) is 2.35. The molecule has 0 spiro atoms. The van der Waals surface area contributed by atoms with Crippen molar-refractivity contribution in [2.45, 2.75) is 6.54 Å². The second kappa shape index (κ2) is 11.0. The van der Waals surface area contributed by atoms with Crippen LogP contribution in [0.15, 0.2) is 30.3 Å². The van der Waals surface area contributed by atoms with Crippen molar-refractivity contribution in [3.8, 4) is 0 Å². The smallest absolute Gasteiger partial charge is 1.00 e. The predicted octanol–water partition coefficient (Wildman–Crippen LogP) is -4.85. The van der Waals surface area contributed by atoms with Crippen molar-refractivity contribution in [2.24, 2.45) is 0 Å². The molecule has 0 bridgehead atoms. The molecule has 0 unspecified atom stereocenters. The first-order valence-electron chi connectivity index (χ1n) is 4.79. The Labute approximate surface area is 134 Å². The van der Waals surface area contributed by atoms with Crippen molar-refractivity contribution in [2.75, 3.05) is 26.3 Å². The fourth-order valence-corrected chi connectivity index (χ4v) is 1.60. The molecule has 1 heterocycles. The van der Waals surface area contributed by atoms with Gasteiger partial charge in [-0.05, 0) is 5.56 Å². The minimum atomic E-state index is 0. The summed E-state index contributed by atoms with van der Waals surface area (Å²) in [6.07, 6.45) is 0. The van der Waals surface area contributed by atoms with Crippen molar-refractivity contribution in [3.63, 3.8) is 0 Å². The molecule has 2 rings (SSSR count). The van der Waals surface area contributed by atoms with Crippen molar-refractivity contribution in [1.29, 1.82) is 0 Å². The van der Waals surface area contributed by atoms with E-state index in [2.05, 4.69) is 35.2 Å². The van der Waals surface area contributed by atoms with Gasteiger partial charge in [-0.15, -0.1) is 0 Å². The molecule has 16 heavy (non-hydrogen) atoms. The maximum absolute atomic E-state index is 5.30. The Morgan fingerprint density at radius 3 is 2.12 bits per heavy atom. The number of halogens is 2. The fraction of sp³-hybridized carbons (Fsp3) is 0.455. The zero-order chi connectivity index (χ0) is 8.93. The van der Waals surface area contributed by atoms with Gasteiger partial charge >= 0.3 is 23.1 Å². The molecule has 0 atom stereocenters. The Hall–Kier alpha value is 0.866. The van der Waals surface area contributed by atoms with Crippen LogP contribution in [0.5, 0.6) is 0 Å². The standard InChI is InChI=1S/C11H15NO.2BrH.Mg/c1-2-4-11(5-3-1)10-12-6-8-13-9-7-12;;;/h1-5H,6-10H2;2*1H;/q;;;+2/p-2. The van der Waals surface area contributed by atoms with E-state index < -0.39 is 0 Å². The van der Waals surface area contributed by atoms with Crippen molar-refractivity contribution in [3.05, 3.63) is 35.9 Å². The molecular weight excluding hydrogens is 346 g/mol. The SMILES string of the molecule is [Br-].[Br-].[Mg+2].c1ccc(CN2CCOCC2)cc1. The van der Waals surface area contributed by atoms with E-state index in [1.165, 1.54) is 5.56 Å². The van der Waals surface area contributed by atoms with Crippen LogP contribution >= 0.6 is 0 Å². The van der Waals surface area contributed by atoms with Gasteiger partial charge in [-0.2, -0.15) is 0 Å². The monoisotopic (exact) mass is 359 g/mol. The zero-order valence-corrected chi connectivity index (χ0v) is 13.8. The van der Waals surface area contributed by atoms with E-state index in [1.54, 1.807) is 0 Å². The third-order valence-corrected chi connectivity index (χ3v) is 2.35. The average molecular weight is 361 g/mol. The molecule has 86 valence electrons. The molecule has 1 aliphatic rings. The third kappa shape index (κ3) is 6.56. The molecule has 0 N–H and O–H groups in total. The van der Waals surface area contributed by atoms with E-state index in [-0.39, 0.29) is 57.0 Å². The average Bonchev–Trinajstić information content (AvgIpc) is 2.21. The molecule has 0 saturated carbocycles.